The van der Waals surface area contributed by atoms with Gasteiger partial charge in [0.25, 0.3) is 5.69 Å². The quantitative estimate of drug-likeness (QED) is 0.295. The molecule has 0 amide bonds. The second-order valence-corrected chi connectivity index (χ2v) is 7.66. The molecule has 5 nitrogen and oxygen atoms in total. The molecule has 0 unspecified atom stereocenters. The number of aryl methyl sites for hydroxylation is 1. The van der Waals surface area contributed by atoms with Crippen molar-refractivity contribution in [2.45, 2.75) is 26.7 Å². The Morgan fingerprint density at radius 2 is 1.96 bits per heavy atom. The molecule has 0 aliphatic carbocycles. The number of nitro groups is 1. The van der Waals surface area contributed by atoms with Crippen molar-refractivity contribution < 1.29 is 4.92 Å². The van der Waals surface area contributed by atoms with Gasteiger partial charge in [-0.1, -0.05) is 55.8 Å². The Balaban J connectivity index is 1.97. The predicted octanol–water partition coefficient (Wildman–Crippen LogP) is 6.21. The molecule has 0 aliphatic heterocycles. The summed E-state index contributed by atoms with van der Waals surface area (Å²) < 4.78 is 0. The van der Waals surface area contributed by atoms with Crippen LogP contribution in [0.3, 0.4) is 0 Å². The number of nitrogens with zero attached hydrogens (tertiary/aromatic N) is 3. The number of nitriles is 1. The van der Waals surface area contributed by atoms with Crippen LogP contribution in [0.5, 0.6) is 0 Å². The van der Waals surface area contributed by atoms with Gasteiger partial charge in [0.1, 0.15) is 11.1 Å². The average molecular weight is 389 g/mol. The van der Waals surface area contributed by atoms with E-state index in [1.807, 2.05) is 50.4 Å². The molecule has 0 bridgehead atoms. The molecule has 28 heavy (non-hydrogen) atoms. The third-order valence-electron chi connectivity index (χ3n) is 4.39. The summed E-state index contributed by atoms with van der Waals surface area (Å²) >= 11 is 1.38. The third-order valence-corrected chi connectivity index (χ3v) is 5.26. The molecule has 140 valence electrons. The molecule has 0 fully saturated rings. The Morgan fingerprint density at radius 3 is 2.57 bits per heavy atom. The van der Waals surface area contributed by atoms with Crippen LogP contribution in [0.25, 0.3) is 22.9 Å². The summed E-state index contributed by atoms with van der Waals surface area (Å²) in [5.41, 5.74) is 4.71. The minimum absolute atomic E-state index is 0.0462. The SMILES string of the molecule is Cc1ccc(-c2csc(/C(C#N)=C/c3ccc(C(C)C)c([N+](=O)[O-])c3)n2)cc1. The van der Waals surface area contributed by atoms with E-state index in [9.17, 15) is 15.4 Å². The second kappa shape index (κ2) is 8.15. The molecule has 0 radical (unpaired) electrons. The van der Waals surface area contributed by atoms with Gasteiger partial charge in [-0.3, -0.25) is 10.1 Å². The van der Waals surface area contributed by atoms with Crippen LogP contribution >= 0.6 is 11.3 Å². The zero-order chi connectivity index (χ0) is 20.3. The van der Waals surface area contributed by atoms with Crippen LogP contribution in [-0.4, -0.2) is 9.91 Å². The largest absolute Gasteiger partial charge is 0.273 e. The van der Waals surface area contributed by atoms with Crippen molar-refractivity contribution in [2.75, 3.05) is 0 Å². The lowest BCUT2D eigenvalue weighted by Crippen LogP contribution is -1.97. The van der Waals surface area contributed by atoms with E-state index in [-0.39, 0.29) is 16.5 Å². The molecule has 1 aromatic heterocycles. The zero-order valence-electron chi connectivity index (χ0n) is 15.8. The van der Waals surface area contributed by atoms with Crippen LogP contribution < -0.4 is 0 Å². The molecule has 1 heterocycles. The fourth-order valence-corrected chi connectivity index (χ4v) is 3.65. The molecular weight excluding hydrogens is 370 g/mol. The lowest BCUT2D eigenvalue weighted by Gasteiger charge is -2.07. The van der Waals surface area contributed by atoms with E-state index in [0.717, 1.165) is 11.3 Å². The molecule has 0 N–H and O–H groups in total. The van der Waals surface area contributed by atoms with E-state index in [1.54, 1.807) is 18.2 Å². The number of allylic oxidation sites excluding steroid dienone is 1. The Labute approximate surface area is 167 Å². The van der Waals surface area contributed by atoms with Gasteiger partial charge < -0.3 is 0 Å². The average Bonchev–Trinajstić information content (AvgIpc) is 3.16. The first-order chi connectivity index (χ1) is 13.4. The monoisotopic (exact) mass is 389 g/mol. The van der Waals surface area contributed by atoms with E-state index >= 15 is 0 Å². The summed E-state index contributed by atoms with van der Waals surface area (Å²) in [4.78, 5) is 15.6. The van der Waals surface area contributed by atoms with Crippen LogP contribution in [0.4, 0.5) is 5.69 Å². The van der Waals surface area contributed by atoms with Crippen molar-refractivity contribution in [1.29, 1.82) is 5.26 Å². The van der Waals surface area contributed by atoms with Crippen LogP contribution in [-0.2, 0) is 0 Å². The summed E-state index contributed by atoms with van der Waals surface area (Å²) in [7, 11) is 0. The minimum Gasteiger partial charge on any atom is -0.258 e. The molecule has 0 atom stereocenters. The molecule has 3 rings (SSSR count). The van der Waals surface area contributed by atoms with Crippen LogP contribution in [0.2, 0.25) is 0 Å². The van der Waals surface area contributed by atoms with Gasteiger partial charge in [0.05, 0.1) is 16.2 Å². The smallest absolute Gasteiger partial charge is 0.258 e. The van der Waals surface area contributed by atoms with E-state index in [0.29, 0.717) is 21.7 Å². The van der Waals surface area contributed by atoms with E-state index in [2.05, 4.69) is 11.1 Å². The van der Waals surface area contributed by atoms with Crippen LogP contribution in [0.15, 0.2) is 47.8 Å². The van der Waals surface area contributed by atoms with E-state index in [1.165, 1.54) is 23.0 Å². The first kappa shape index (κ1) is 19.5. The zero-order valence-corrected chi connectivity index (χ0v) is 16.7. The third kappa shape index (κ3) is 4.16. The maximum Gasteiger partial charge on any atom is 0.273 e. The van der Waals surface area contributed by atoms with Crippen molar-refractivity contribution in [2.24, 2.45) is 0 Å². The number of benzene rings is 2. The van der Waals surface area contributed by atoms with E-state index in [4.69, 9.17) is 0 Å². The van der Waals surface area contributed by atoms with Crippen molar-refractivity contribution in [3.05, 3.63) is 79.7 Å². The fourth-order valence-electron chi connectivity index (χ4n) is 2.86. The fraction of sp³-hybridized carbons (Fsp3) is 0.182. The molecule has 0 aliphatic rings. The van der Waals surface area contributed by atoms with Crippen molar-refractivity contribution in [3.63, 3.8) is 0 Å². The number of hydrogen-bond donors (Lipinski definition) is 0. The highest BCUT2D eigenvalue weighted by atomic mass is 32.1. The van der Waals surface area contributed by atoms with Crippen molar-refractivity contribution in [3.8, 4) is 17.3 Å². The van der Waals surface area contributed by atoms with Gasteiger partial charge in [-0.2, -0.15) is 5.26 Å². The summed E-state index contributed by atoms with van der Waals surface area (Å²) in [6.07, 6.45) is 1.65. The lowest BCUT2D eigenvalue weighted by atomic mass is 9.98. The number of rotatable bonds is 5. The summed E-state index contributed by atoms with van der Waals surface area (Å²) in [5, 5.41) is 23.5. The molecule has 6 heteroatoms. The van der Waals surface area contributed by atoms with Gasteiger partial charge in [-0.15, -0.1) is 11.3 Å². The van der Waals surface area contributed by atoms with Gasteiger partial charge in [0.2, 0.25) is 0 Å². The predicted molar refractivity (Wildman–Crippen MR) is 113 cm³/mol. The maximum atomic E-state index is 11.4. The van der Waals surface area contributed by atoms with E-state index < -0.39 is 0 Å². The molecule has 0 saturated heterocycles. The normalized spacial score (nSPS) is 11.5. The molecule has 0 saturated carbocycles. The Morgan fingerprint density at radius 1 is 1.25 bits per heavy atom. The Hall–Kier alpha value is -3.30. The summed E-state index contributed by atoms with van der Waals surface area (Å²) in [5.74, 6) is 0.0462. The molecule has 3 aromatic rings. The lowest BCUT2D eigenvalue weighted by molar-refractivity contribution is -0.385. The van der Waals surface area contributed by atoms with Crippen molar-refractivity contribution in [1.82, 2.24) is 4.98 Å². The van der Waals surface area contributed by atoms with Gasteiger partial charge in [0.15, 0.2) is 0 Å². The molecule has 0 spiro atoms. The Kier molecular flexibility index (Phi) is 5.67. The van der Waals surface area contributed by atoms with Gasteiger partial charge in [0, 0.05) is 22.6 Å². The number of thiazole rings is 1. The van der Waals surface area contributed by atoms with Crippen molar-refractivity contribution >= 4 is 28.7 Å². The second-order valence-electron chi connectivity index (χ2n) is 6.80. The number of hydrogen-bond acceptors (Lipinski definition) is 5. The topological polar surface area (TPSA) is 79.8 Å². The maximum absolute atomic E-state index is 11.4. The minimum atomic E-state index is -0.377. The number of aromatic nitrogens is 1. The molecular formula is C22H19N3O2S. The highest BCUT2D eigenvalue weighted by Crippen LogP contribution is 2.30. The summed E-state index contributed by atoms with van der Waals surface area (Å²) in [6.45, 7) is 5.86. The van der Waals surface area contributed by atoms with Gasteiger partial charge in [-0.05, 0) is 24.5 Å². The van der Waals surface area contributed by atoms with Crippen LogP contribution in [0.1, 0.15) is 41.5 Å². The summed E-state index contributed by atoms with van der Waals surface area (Å²) in [6, 6.07) is 15.3. The standard InChI is InChI=1S/C22H19N3O2S/c1-14(2)19-9-6-16(11-21(19)25(26)27)10-18(12-23)22-24-20(13-28-22)17-7-4-15(3)5-8-17/h4-11,13-14H,1-3H3/b18-10+. The van der Waals surface area contributed by atoms with Crippen LogP contribution in [0, 0.1) is 28.4 Å². The van der Waals surface area contributed by atoms with Gasteiger partial charge in [-0.25, -0.2) is 4.98 Å². The highest BCUT2D eigenvalue weighted by Gasteiger charge is 2.17. The number of nitro benzene ring substituents is 1. The first-order valence-corrected chi connectivity index (χ1v) is 9.70. The van der Waals surface area contributed by atoms with Gasteiger partial charge >= 0.3 is 0 Å². The Bertz CT molecular complexity index is 1090. The first-order valence-electron chi connectivity index (χ1n) is 8.82. The highest BCUT2D eigenvalue weighted by molar-refractivity contribution is 7.11. The molecule has 2 aromatic carbocycles.